The highest BCUT2D eigenvalue weighted by Gasteiger charge is 2.31. The number of fused-ring (bicyclic) bond motifs is 2. The van der Waals surface area contributed by atoms with Gasteiger partial charge in [0.25, 0.3) is 0 Å². The van der Waals surface area contributed by atoms with Crippen molar-refractivity contribution in [2.45, 2.75) is 38.6 Å². The lowest BCUT2D eigenvalue weighted by molar-refractivity contribution is 0.437. The number of anilines is 2. The average molecular weight is 431 g/mol. The van der Waals surface area contributed by atoms with Crippen molar-refractivity contribution in [3.8, 4) is 5.75 Å². The van der Waals surface area contributed by atoms with E-state index in [9.17, 15) is 12.3 Å². The Morgan fingerprint density at radius 1 is 1.07 bits per heavy atom. The average Bonchev–Trinajstić information content (AvgIpc) is 3.16. The monoisotopic (exact) mass is 431 g/mol. The predicted molar refractivity (Wildman–Crippen MR) is 111 cm³/mol. The minimum absolute atomic E-state index is 0.0186. The summed E-state index contributed by atoms with van der Waals surface area (Å²) >= 11 is 0. The minimum atomic E-state index is -5.09. The summed E-state index contributed by atoms with van der Waals surface area (Å²) in [4.78, 5) is 18.4. The molecule has 0 saturated carbocycles. The first-order valence-corrected chi connectivity index (χ1v) is 11.5. The maximum Gasteiger partial charge on any atom is 0.488 e. The summed E-state index contributed by atoms with van der Waals surface area (Å²) in [5.41, 5.74) is 3.00. The highest BCUT2D eigenvalue weighted by Crippen LogP contribution is 2.37. The van der Waals surface area contributed by atoms with Crippen molar-refractivity contribution < 1.29 is 16.5 Å². The van der Waals surface area contributed by atoms with Crippen molar-refractivity contribution >= 4 is 27.8 Å². The van der Waals surface area contributed by atoms with Crippen molar-refractivity contribution in [1.82, 2.24) is 9.97 Å². The summed E-state index contributed by atoms with van der Waals surface area (Å²) in [6, 6.07) is 4.98. The predicted octanol–water partition coefficient (Wildman–Crippen LogP) is 2.77. The molecule has 10 heteroatoms. The van der Waals surface area contributed by atoms with E-state index in [0.29, 0.717) is 30.9 Å². The maximum atomic E-state index is 13.1. The zero-order valence-electron chi connectivity index (χ0n) is 16.4. The third-order valence-corrected chi connectivity index (χ3v) is 6.13. The van der Waals surface area contributed by atoms with Crippen LogP contribution < -0.4 is 14.0 Å². The van der Waals surface area contributed by atoms with E-state index in [2.05, 4.69) is 19.1 Å². The van der Waals surface area contributed by atoms with Crippen molar-refractivity contribution in [3.05, 3.63) is 41.3 Å². The summed E-state index contributed by atoms with van der Waals surface area (Å²) in [5.74, 6) is 1.63. The van der Waals surface area contributed by atoms with Crippen LogP contribution in [0.2, 0.25) is 0 Å². The molecule has 3 aliphatic rings. The zero-order chi connectivity index (χ0) is 20.7. The van der Waals surface area contributed by atoms with Crippen LogP contribution in [0.15, 0.2) is 29.4 Å². The zero-order valence-corrected chi connectivity index (χ0v) is 17.2. The summed E-state index contributed by atoms with van der Waals surface area (Å²) in [5, 5.41) is 0. The lowest BCUT2D eigenvalue weighted by Gasteiger charge is -2.32. The highest BCUT2D eigenvalue weighted by atomic mass is 32.3. The molecule has 158 valence electrons. The molecule has 4 heterocycles. The number of amidine groups is 1. The molecule has 1 saturated heterocycles. The Morgan fingerprint density at radius 2 is 1.90 bits per heavy atom. The Morgan fingerprint density at radius 3 is 2.70 bits per heavy atom. The second-order valence-corrected chi connectivity index (χ2v) is 8.65. The molecule has 0 aliphatic carbocycles. The van der Waals surface area contributed by atoms with Gasteiger partial charge in [-0.3, -0.25) is 4.99 Å². The first-order chi connectivity index (χ1) is 14.5. The normalized spacial score (nSPS) is 18.6. The fourth-order valence-electron chi connectivity index (χ4n) is 4.43. The molecule has 5 rings (SSSR count). The molecular weight excluding hydrogens is 409 g/mol. The van der Waals surface area contributed by atoms with Gasteiger partial charge in [0, 0.05) is 30.9 Å². The molecule has 30 heavy (non-hydrogen) atoms. The number of hydrogen-bond donors (Lipinski definition) is 0. The molecule has 8 nitrogen and oxygen atoms in total. The first-order valence-electron chi connectivity index (χ1n) is 10.2. The van der Waals surface area contributed by atoms with Crippen LogP contribution in [0, 0.1) is 0 Å². The molecular formula is C20H22FN5O3S. The van der Waals surface area contributed by atoms with Crippen molar-refractivity contribution in [2.24, 2.45) is 4.99 Å². The molecule has 1 fully saturated rings. The summed E-state index contributed by atoms with van der Waals surface area (Å²) in [7, 11) is -5.09. The number of nitrogens with zero attached hydrogens (tertiary/aromatic N) is 5. The SMILES string of the molecule is O=S(=O)(F)Oc1cccc2c1CCCN2C1=NCc2nc(N3CCCCC3)cnc21. The fraction of sp³-hybridized carbons (Fsp3) is 0.450. The number of piperidine rings is 1. The second kappa shape index (κ2) is 7.50. The van der Waals surface area contributed by atoms with Crippen molar-refractivity contribution in [1.29, 1.82) is 0 Å². The van der Waals surface area contributed by atoms with Gasteiger partial charge in [0.1, 0.15) is 11.5 Å². The van der Waals surface area contributed by atoms with Gasteiger partial charge in [0.15, 0.2) is 11.6 Å². The molecule has 0 bridgehead atoms. The molecule has 1 aromatic heterocycles. The number of halogens is 1. The number of aromatic nitrogens is 2. The van der Waals surface area contributed by atoms with E-state index >= 15 is 0 Å². The van der Waals surface area contributed by atoms with Gasteiger partial charge in [0.2, 0.25) is 0 Å². The largest absolute Gasteiger partial charge is 0.488 e. The van der Waals surface area contributed by atoms with E-state index in [1.54, 1.807) is 6.07 Å². The summed E-state index contributed by atoms with van der Waals surface area (Å²) in [6.45, 7) is 3.16. The third kappa shape index (κ3) is 3.60. The van der Waals surface area contributed by atoms with Crippen LogP contribution in [0.1, 0.15) is 42.6 Å². The minimum Gasteiger partial charge on any atom is -0.358 e. The summed E-state index contributed by atoms with van der Waals surface area (Å²) in [6.07, 6.45) is 6.76. The molecule has 1 aromatic carbocycles. The molecule has 0 spiro atoms. The van der Waals surface area contributed by atoms with Crippen LogP contribution in [-0.2, 0) is 23.5 Å². The van der Waals surface area contributed by atoms with E-state index in [0.717, 1.165) is 42.4 Å². The quantitative estimate of drug-likeness (QED) is 0.691. The summed E-state index contributed by atoms with van der Waals surface area (Å²) < 4.78 is 39.7. The van der Waals surface area contributed by atoms with Gasteiger partial charge >= 0.3 is 10.5 Å². The molecule has 0 unspecified atom stereocenters. The van der Waals surface area contributed by atoms with Crippen LogP contribution in [0.25, 0.3) is 0 Å². The van der Waals surface area contributed by atoms with Crippen LogP contribution in [0.5, 0.6) is 5.75 Å². The number of benzene rings is 1. The Hall–Kier alpha value is -2.75. The first kappa shape index (κ1) is 19.2. The Kier molecular flexibility index (Phi) is 4.80. The Labute approximate surface area is 174 Å². The molecule has 0 radical (unpaired) electrons. The van der Waals surface area contributed by atoms with Crippen LogP contribution in [-0.4, -0.2) is 43.9 Å². The van der Waals surface area contributed by atoms with Crippen molar-refractivity contribution in [3.63, 3.8) is 0 Å². The van der Waals surface area contributed by atoms with E-state index in [1.165, 1.54) is 25.3 Å². The highest BCUT2D eigenvalue weighted by molar-refractivity contribution is 7.81. The van der Waals surface area contributed by atoms with E-state index in [-0.39, 0.29) is 5.75 Å². The molecule has 3 aliphatic heterocycles. The van der Waals surface area contributed by atoms with E-state index in [4.69, 9.17) is 4.98 Å². The van der Waals surface area contributed by atoms with Crippen LogP contribution in [0.4, 0.5) is 15.4 Å². The smallest absolute Gasteiger partial charge is 0.358 e. The lowest BCUT2D eigenvalue weighted by Crippen LogP contribution is -2.36. The molecule has 0 atom stereocenters. The van der Waals surface area contributed by atoms with Gasteiger partial charge in [-0.2, -0.15) is 8.42 Å². The van der Waals surface area contributed by atoms with Gasteiger partial charge < -0.3 is 14.0 Å². The lowest BCUT2D eigenvalue weighted by atomic mass is 10.00. The Balaban J connectivity index is 1.46. The van der Waals surface area contributed by atoms with Gasteiger partial charge in [-0.1, -0.05) is 9.95 Å². The third-order valence-electron chi connectivity index (χ3n) is 5.76. The number of aliphatic imine (C=N–C) groups is 1. The number of rotatable bonds is 3. The fourth-order valence-corrected chi connectivity index (χ4v) is 4.80. The van der Waals surface area contributed by atoms with Gasteiger partial charge in [-0.25, -0.2) is 9.97 Å². The molecule has 2 aromatic rings. The van der Waals surface area contributed by atoms with Gasteiger partial charge in [-0.05, 0) is 44.2 Å². The topological polar surface area (TPSA) is 88.0 Å². The Bertz CT molecular complexity index is 1120. The molecule has 0 amide bonds. The van der Waals surface area contributed by atoms with Gasteiger partial charge in [-0.15, -0.1) is 0 Å². The van der Waals surface area contributed by atoms with E-state index in [1.807, 2.05) is 17.2 Å². The van der Waals surface area contributed by atoms with E-state index < -0.39 is 10.5 Å². The van der Waals surface area contributed by atoms with Crippen LogP contribution >= 0.6 is 0 Å². The second-order valence-electron chi connectivity index (χ2n) is 7.70. The van der Waals surface area contributed by atoms with Gasteiger partial charge in [0.05, 0.1) is 18.4 Å². The standard InChI is InChI=1S/C20H22FN5O3S/c21-30(27,28)29-17-8-4-7-16-14(17)6-5-11-26(16)20-19-15(12-23-20)24-18(13-22-19)25-9-2-1-3-10-25/h4,7-8,13H,1-3,5-6,9-12H2. The van der Waals surface area contributed by atoms with Crippen molar-refractivity contribution in [2.75, 3.05) is 29.4 Å². The number of hydrogen-bond acceptors (Lipinski definition) is 8. The molecule has 0 N–H and O–H groups in total. The van der Waals surface area contributed by atoms with Crippen LogP contribution in [0.3, 0.4) is 0 Å². The maximum absolute atomic E-state index is 13.1.